The molecule has 3 atom stereocenters. The van der Waals surface area contributed by atoms with E-state index in [0.717, 1.165) is 11.8 Å². The minimum absolute atomic E-state index is 0.556. The summed E-state index contributed by atoms with van der Waals surface area (Å²) in [5.74, 6) is 2.46. The number of rotatable bonds is 1. The molecule has 0 saturated heterocycles. The Morgan fingerprint density at radius 3 is 2.60 bits per heavy atom. The highest BCUT2D eigenvalue weighted by Gasteiger charge is 2.53. The molecule has 3 rings (SSSR count). The summed E-state index contributed by atoms with van der Waals surface area (Å²) in [6.07, 6.45) is 13.5. The van der Waals surface area contributed by atoms with Crippen LogP contribution in [0.25, 0.3) is 0 Å². The Hall–Kier alpha value is -0.520. The average Bonchev–Trinajstić information content (AvgIpc) is 2.37. The maximum absolute atomic E-state index is 2.62. The Morgan fingerprint density at radius 2 is 1.90 bits per heavy atom. The maximum atomic E-state index is 2.62. The van der Waals surface area contributed by atoms with Gasteiger partial charge in [0.05, 0.1) is 0 Å². The van der Waals surface area contributed by atoms with Gasteiger partial charge in [-0.1, -0.05) is 58.8 Å². The van der Waals surface area contributed by atoms with E-state index in [1.807, 2.05) is 0 Å². The van der Waals surface area contributed by atoms with Crippen LogP contribution >= 0.6 is 0 Å². The predicted molar refractivity (Wildman–Crippen MR) is 87.6 cm³/mol. The molecule has 3 aliphatic carbocycles. The van der Waals surface area contributed by atoms with Crippen LogP contribution in [0.2, 0.25) is 0 Å². The predicted octanol–water partition coefficient (Wildman–Crippen LogP) is 6.14. The van der Waals surface area contributed by atoms with Gasteiger partial charge in [0.25, 0.3) is 0 Å². The van der Waals surface area contributed by atoms with E-state index in [4.69, 9.17) is 0 Å². The van der Waals surface area contributed by atoms with E-state index in [-0.39, 0.29) is 0 Å². The van der Waals surface area contributed by atoms with Gasteiger partial charge in [-0.05, 0) is 66.3 Å². The van der Waals surface area contributed by atoms with Crippen LogP contribution in [0.1, 0.15) is 73.1 Å². The van der Waals surface area contributed by atoms with Crippen LogP contribution in [-0.2, 0) is 0 Å². The van der Waals surface area contributed by atoms with Crippen LogP contribution in [0.4, 0.5) is 0 Å². The van der Waals surface area contributed by atoms with Gasteiger partial charge >= 0.3 is 0 Å². The van der Waals surface area contributed by atoms with Gasteiger partial charge in [0, 0.05) is 0 Å². The molecule has 2 unspecified atom stereocenters. The van der Waals surface area contributed by atoms with E-state index >= 15 is 0 Å². The lowest BCUT2D eigenvalue weighted by atomic mass is 9.46. The monoisotopic (exact) mass is 272 g/mol. The van der Waals surface area contributed by atoms with Crippen molar-refractivity contribution >= 4 is 0 Å². The largest absolute Gasteiger partial charge is 0.0804 e. The lowest BCUT2D eigenvalue weighted by molar-refractivity contribution is -0.0518. The van der Waals surface area contributed by atoms with Crippen molar-refractivity contribution in [2.24, 2.45) is 28.6 Å². The molecule has 20 heavy (non-hydrogen) atoms. The molecule has 0 aliphatic heterocycles. The molecule has 0 aromatic heterocycles. The molecular weight excluding hydrogens is 240 g/mol. The van der Waals surface area contributed by atoms with E-state index < -0.39 is 0 Å². The standard InChI is InChI=1S/C20H32/c1-14(2)15-7-9-17-16(13-15)8-10-18-19(3,4)11-6-12-20(17,18)5/h7,13-14,17-18H,6,8-12H2,1-5H3/t17?,18?,20-/m1/s1. The average molecular weight is 272 g/mol. The summed E-state index contributed by atoms with van der Waals surface area (Å²) in [6, 6.07) is 0. The fourth-order valence-corrected chi connectivity index (χ4v) is 5.73. The van der Waals surface area contributed by atoms with Gasteiger partial charge in [-0.2, -0.15) is 0 Å². The van der Waals surface area contributed by atoms with Gasteiger partial charge in [-0.25, -0.2) is 0 Å². The maximum Gasteiger partial charge on any atom is -0.0108 e. The molecule has 0 N–H and O–H groups in total. The number of fused-ring (bicyclic) bond motifs is 3. The lowest BCUT2D eigenvalue weighted by Crippen LogP contribution is -2.49. The molecule has 0 nitrogen and oxygen atoms in total. The van der Waals surface area contributed by atoms with Crippen LogP contribution in [-0.4, -0.2) is 0 Å². The lowest BCUT2D eigenvalue weighted by Gasteiger charge is -2.58. The van der Waals surface area contributed by atoms with Gasteiger partial charge in [0.1, 0.15) is 0 Å². The Bertz CT molecular complexity index is 449. The zero-order chi connectivity index (χ0) is 14.5. The molecular formula is C20H32. The van der Waals surface area contributed by atoms with Crippen molar-refractivity contribution in [1.82, 2.24) is 0 Å². The third kappa shape index (κ3) is 2.11. The Kier molecular flexibility index (Phi) is 3.42. The summed E-state index contributed by atoms with van der Waals surface area (Å²) in [6.45, 7) is 12.3. The van der Waals surface area contributed by atoms with Crippen molar-refractivity contribution in [2.45, 2.75) is 73.1 Å². The molecule has 2 saturated carbocycles. The third-order valence-corrected chi connectivity index (χ3v) is 6.85. The van der Waals surface area contributed by atoms with Crippen LogP contribution in [0, 0.1) is 28.6 Å². The highest BCUT2D eigenvalue weighted by atomic mass is 14.6. The molecule has 2 fully saturated rings. The summed E-state index contributed by atoms with van der Waals surface area (Å²) in [7, 11) is 0. The fraction of sp³-hybridized carbons (Fsp3) is 0.800. The van der Waals surface area contributed by atoms with Crippen LogP contribution in [0.15, 0.2) is 23.3 Å². The molecule has 0 aromatic rings. The molecule has 0 spiro atoms. The molecule has 0 heteroatoms. The molecule has 112 valence electrons. The van der Waals surface area contributed by atoms with Crippen LogP contribution in [0.3, 0.4) is 0 Å². The number of allylic oxidation sites excluding steroid dienone is 4. The Morgan fingerprint density at radius 1 is 1.15 bits per heavy atom. The summed E-state index contributed by atoms with van der Waals surface area (Å²) in [4.78, 5) is 0. The highest BCUT2D eigenvalue weighted by molar-refractivity contribution is 5.34. The van der Waals surface area contributed by atoms with E-state index in [0.29, 0.717) is 16.7 Å². The fourth-order valence-electron chi connectivity index (χ4n) is 5.73. The van der Waals surface area contributed by atoms with Gasteiger partial charge in [-0.3, -0.25) is 0 Å². The van der Waals surface area contributed by atoms with Gasteiger partial charge in [0.2, 0.25) is 0 Å². The highest BCUT2D eigenvalue weighted by Crippen LogP contribution is 2.62. The normalized spacial score (nSPS) is 39.7. The van der Waals surface area contributed by atoms with Crippen molar-refractivity contribution in [3.05, 3.63) is 23.3 Å². The molecule has 0 heterocycles. The summed E-state index contributed by atoms with van der Waals surface area (Å²) in [5.41, 5.74) is 4.49. The second-order valence-corrected chi connectivity index (χ2v) is 8.81. The first-order valence-corrected chi connectivity index (χ1v) is 8.75. The first-order chi connectivity index (χ1) is 9.34. The smallest absolute Gasteiger partial charge is 0.0108 e. The van der Waals surface area contributed by atoms with Crippen molar-refractivity contribution in [1.29, 1.82) is 0 Å². The second-order valence-electron chi connectivity index (χ2n) is 8.81. The SMILES string of the molecule is CC(C)C1=CCC2C(=C1)CCC1C(C)(C)CCC[C@]21C. The first-order valence-electron chi connectivity index (χ1n) is 8.75. The van der Waals surface area contributed by atoms with Gasteiger partial charge in [-0.15, -0.1) is 0 Å². The number of hydrogen-bond donors (Lipinski definition) is 0. The third-order valence-electron chi connectivity index (χ3n) is 6.85. The zero-order valence-electron chi connectivity index (χ0n) is 14.1. The minimum Gasteiger partial charge on any atom is -0.0804 e. The van der Waals surface area contributed by atoms with Crippen molar-refractivity contribution < 1.29 is 0 Å². The first kappa shape index (κ1) is 14.4. The van der Waals surface area contributed by atoms with E-state index in [1.54, 1.807) is 11.1 Å². The summed E-state index contributed by atoms with van der Waals surface area (Å²) in [5, 5.41) is 0. The van der Waals surface area contributed by atoms with Crippen LogP contribution < -0.4 is 0 Å². The Labute approximate surface area is 125 Å². The molecule has 0 radical (unpaired) electrons. The molecule has 0 bridgehead atoms. The molecule has 0 aromatic carbocycles. The van der Waals surface area contributed by atoms with Crippen molar-refractivity contribution in [2.75, 3.05) is 0 Å². The van der Waals surface area contributed by atoms with Crippen LogP contribution in [0.5, 0.6) is 0 Å². The van der Waals surface area contributed by atoms with Crippen molar-refractivity contribution in [3.63, 3.8) is 0 Å². The zero-order valence-corrected chi connectivity index (χ0v) is 14.1. The van der Waals surface area contributed by atoms with Gasteiger partial charge in [0.15, 0.2) is 0 Å². The second kappa shape index (κ2) is 4.75. The molecule has 0 amide bonds. The summed E-state index contributed by atoms with van der Waals surface area (Å²) >= 11 is 0. The quantitative estimate of drug-likeness (QED) is 0.537. The topological polar surface area (TPSA) is 0 Å². The van der Waals surface area contributed by atoms with E-state index in [9.17, 15) is 0 Å². The molecule has 3 aliphatic rings. The van der Waals surface area contributed by atoms with Gasteiger partial charge < -0.3 is 0 Å². The van der Waals surface area contributed by atoms with Crippen molar-refractivity contribution in [3.8, 4) is 0 Å². The van der Waals surface area contributed by atoms with E-state index in [1.165, 1.54) is 38.5 Å². The minimum atomic E-state index is 0.556. The number of hydrogen-bond acceptors (Lipinski definition) is 0. The summed E-state index contributed by atoms with van der Waals surface area (Å²) < 4.78 is 0. The Balaban J connectivity index is 1.92. The van der Waals surface area contributed by atoms with E-state index in [2.05, 4.69) is 46.8 Å².